The Morgan fingerprint density at radius 2 is 2.05 bits per heavy atom. The van der Waals surface area contributed by atoms with Gasteiger partial charge in [-0.1, -0.05) is 0 Å². The van der Waals surface area contributed by atoms with Gasteiger partial charge in [-0.15, -0.1) is 0 Å². The summed E-state index contributed by atoms with van der Waals surface area (Å²) < 4.78 is 13.3. The number of nitro benzene ring substituents is 1. The molecule has 1 amide bonds. The number of non-ortho nitro benzene ring substituents is 1. The molecule has 1 heterocycles. The molecule has 1 aliphatic heterocycles. The molecule has 1 aliphatic rings. The van der Waals surface area contributed by atoms with E-state index in [1.165, 1.54) is 4.90 Å². The highest BCUT2D eigenvalue weighted by atomic mass is 19.1. The van der Waals surface area contributed by atoms with Gasteiger partial charge < -0.3 is 4.90 Å². The van der Waals surface area contributed by atoms with E-state index in [0.29, 0.717) is 25.9 Å². The standard InChI is InChI=1S/C13H12FN3O3/c14-11-5-10(6-12(7-11)17(19)20)13(18)16-3-1-9(8-15)2-4-16/h5-7,9H,1-4H2. The van der Waals surface area contributed by atoms with Crippen LogP contribution in [0.25, 0.3) is 0 Å². The van der Waals surface area contributed by atoms with Crippen molar-refractivity contribution in [2.75, 3.05) is 13.1 Å². The first-order chi connectivity index (χ1) is 9.51. The Kier molecular flexibility index (Phi) is 3.94. The lowest BCUT2D eigenvalue weighted by Crippen LogP contribution is -2.38. The third-order valence-electron chi connectivity index (χ3n) is 3.31. The molecule has 1 aromatic carbocycles. The number of halogens is 1. The second kappa shape index (κ2) is 5.65. The van der Waals surface area contributed by atoms with E-state index in [-0.39, 0.29) is 11.5 Å². The van der Waals surface area contributed by atoms with Crippen molar-refractivity contribution in [2.45, 2.75) is 12.8 Å². The van der Waals surface area contributed by atoms with Crippen molar-refractivity contribution in [3.05, 3.63) is 39.7 Å². The molecule has 1 fully saturated rings. The molecule has 20 heavy (non-hydrogen) atoms. The summed E-state index contributed by atoms with van der Waals surface area (Å²) in [7, 11) is 0. The van der Waals surface area contributed by atoms with Gasteiger partial charge in [-0.25, -0.2) is 4.39 Å². The van der Waals surface area contributed by atoms with Crippen molar-refractivity contribution in [1.82, 2.24) is 4.90 Å². The molecule has 0 N–H and O–H groups in total. The number of carbonyl (C=O) groups excluding carboxylic acids is 1. The molecular weight excluding hydrogens is 265 g/mol. The summed E-state index contributed by atoms with van der Waals surface area (Å²) in [6, 6.07) is 4.99. The molecule has 1 saturated heterocycles. The molecule has 0 radical (unpaired) electrons. The summed E-state index contributed by atoms with van der Waals surface area (Å²) >= 11 is 0. The lowest BCUT2D eigenvalue weighted by atomic mass is 9.98. The summed E-state index contributed by atoms with van der Waals surface area (Å²) in [6.07, 6.45) is 1.14. The van der Waals surface area contributed by atoms with Gasteiger partial charge in [0.05, 0.1) is 17.1 Å². The Hall–Kier alpha value is -2.49. The van der Waals surface area contributed by atoms with Crippen molar-refractivity contribution < 1.29 is 14.1 Å². The number of benzene rings is 1. The third kappa shape index (κ3) is 2.91. The summed E-state index contributed by atoms with van der Waals surface area (Å²) in [5.41, 5.74) is -0.479. The molecule has 104 valence electrons. The number of amides is 1. The third-order valence-corrected chi connectivity index (χ3v) is 3.31. The molecule has 1 aromatic rings. The molecule has 0 saturated carbocycles. The molecule has 0 aromatic heterocycles. The van der Waals surface area contributed by atoms with E-state index < -0.39 is 22.3 Å². The molecule has 0 spiro atoms. The number of piperidine rings is 1. The van der Waals surface area contributed by atoms with Gasteiger partial charge in [0.1, 0.15) is 5.82 Å². The zero-order valence-corrected chi connectivity index (χ0v) is 10.6. The van der Waals surface area contributed by atoms with Crippen LogP contribution in [-0.4, -0.2) is 28.8 Å². The summed E-state index contributed by atoms with van der Waals surface area (Å²) in [4.78, 5) is 23.6. The maximum absolute atomic E-state index is 13.3. The van der Waals surface area contributed by atoms with Crippen molar-refractivity contribution in [3.63, 3.8) is 0 Å². The zero-order chi connectivity index (χ0) is 14.7. The first-order valence-corrected chi connectivity index (χ1v) is 6.15. The molecule has 0 bridgehead atoms. The quantitative estimate of drug-likeness (QED) is 0.611. The Labute approximate surface area is 114 Å². The van der Waals surface area contributed by atoms with Crippen LogP contribution in [0.2, 0.25) is 0 Å². The van der Waals surface area contributed by atoms with Gasteiger partial charge in [-0.3, -0.25) is 14.9 Å². The van der Waals surface area contributed by atoms with Crippen LogP contribution < -0.4 is 0 Å². The number of nitriles is 1. The minimum atomic E-state index is -0.811. The van der Waals surface area contributed by atoms with Crippen molar-refractivity contribution >= 4 is 11.6 Å². The van der Waals surface area contributed by atoms with Gasteiger partial charge in [0, 0.05) is 30.6 Å². The minimum absolute atomic E-state index is 0.0351. The van der Waals surface area contributed by atoms with Crippen LogP contribution >= 0.6 is 0 Å². The highest BCUT2D eigenvalue weighted by Gasteiger charge is 2.25. The average Bonchev–Trinajstić information content (AvgIpc) is 2.46. The topological polar surface area (TPSA) is 87.2 Å². The number of rotatable bonds is 2. The normalized spacial score (nSPS) is 15.7. The van der Waals surface area contributed by atoms with Crippen LogP contribution in [0.15, 0.2) is 18.2 Å². The van der Waals surface area contributed by atoms with Crippen LogP contribution in [0, 0.1) is 33.2 Å². The Morgan fingerprint density at radius 3 is 2.60 bits per heavy atom. The van der Waals surface area contributed by atoms with Crippen molar-refractivity contribution in [1.29, 1.82) is 5.26 Å². The number of hydrogen-bond donors (Lipinski definition) is 0. The molecule has 0 aliphatic carbocycles. The van der Waals surface area contributed by atoms with E-state index in [2.05, 4.69) is 6.07 Å². The van der Waals surface area contributed by atoms with Gasteiger partial charge in [-0.05, 0) is 18.9 Å². The van der Waals surface area contributed by atoms with Gasteiger partial charge >= 0.3 is 0 Å². The van der Waals surface area contributed by atoms with Crippen molar-refractivity contribution in [2.24, 2.45) is 5.92 Å². The molecule has 7 heteroatoms. The monoisotopic (exact) mass is 277 g/mol. The maximum Gasteiger partial charge on any atom is 0.273 e. The number of carbonyl (C=O) groups is 1. The molecule has 2 rings (SSSR count). The predicted octanol–water partition coefficient (Wildman–Crippen LogP) is 2.11. The number of nitro groups is 1. The highest BCUT2D eigenvalue weighted by Crippen LogP contribution is 2.21. The van der Waals surface area contributed by atoms with E-state index in [1.807, 2.05) is 0 Å². The Morgan fingerprint density at radius 1 is 1.40 bits per heavy atom. The molecular formula is C13H12FN3O3. The van der Waals surface area contributed by atoms with E-state index in [9.17, 15) is 19.3 Å². The van der Waals surface area contributed by atoms with Crippen LogP contribution in [0.4, 0.5) is 10.1 Å². The lowest BCUT2D eigenvalue weighted by molar-refractivity contribution is -0.385. The number of hydrogen-bond acceptors (Lipinski definition) is 4. The fourth-order valence-corrected chi connectivity index (χ4v) is 2.20. The first-order valence-electron chi connectivity index (χ1n) is 6.15. The van der Waals surface area contributed by atoms with Gasteiger partial charge in [0.2, 0.25) is 0 Å². The first kappa shape index (κ1) is 13.9. The fraction of sp³-hybridized carbons (Fsp3) is 0.385. The van der Waals surface area contributed by atoms with E-state index in [1.54, 1.807) is 0 Å². The Bertz CT molecular complexity index is 589. The smallest absolute Gasteiger partial charge is 0.273 e. The minimum Gasteiger partial charge on any atom is -0.339 e. The average molecular weight is 277 g/mol. The van der Waals surface area contributed by atoms with E-state index in [0.717, 1.165) is 18.2 Å². The number of likely N-dealkylation sites (tertiary alicyclic amines) is 1. The SMILES string of the molecule is N#CC1CCN(C(=O)c2cc(F)cc([N+](=O)[O-])c2)CC1. The molecule has 0 unspecified atom stereocenters. The van der Waals surface area contributed by atoms with Crippen LogP contribution in [0.1, 0.15) is 23.2 Å². The summed E-state index contributed by atoms with van der Waals surface area (Å²) in [5.74, 6) is -1.32. The van der Waals surface area contributed by atoms with Gasteiger partial charge in [0.15, 0.2) is 0 Å². The highest BCUT2D eigenvalue weighted by molar-refractivity contribution is 5.95. The van der Waals surface area contributed by atoms with Crippen LogP contribution in [0.3, 0.4) is 0 Å². The van der Waals surface area contributed by atoms with E-state index >= 15 is 0 Å². The second-order valence-corrected chi connectivity index (χ2v) is 4.65. The molecule has 6 nitrogen and oxygen atoms in total. The van der Waals surface area contributed by atoms with Gasteiger partial charge in [-0.2, -0.15) is 5.26 Å². The fourth-order valence-electron chi connectivity index (χ4n) is 2.20. The Balaban J connectivity index is 2.18. The second-order valence-electron chi connectivity index (χ2n) is 4.65. The van der Waals surface area contributed by atoms with E-state index in [4.69, 9.17) is 5.26 Å². The zero-order valence-electron chi connectivity index (χ0n) is 10.6. The molecule has 0 atom stereocenters. The van der Waals surface area contributed by atoms with Crippen LogP contribution in [-0.2, 0) is 0 Å². The number of nitrogens with zero attached hydrogens (tertiary/aromatic N) is 3. The van der Waals surface area contributed by atoms with Crippen LogP contribution in [0.5, 0.6) is 0 Å². The largest absolute Gasteiger partial charge is 0.339 e. The summed E-state index contributed by atoms with van der Waals surface area (Å²) in [5, 5.41) is 19.5. The summed E-state index contributed by atoms with van der Waals surface area (Å²) in [6.45, 7) is 0.808. The van der Waals surface area contributed by atoms with Gasteiger partial charge in [0.25, 0.3) is 11.6 Å². The maximum atomic E-state index is 13.3. The lowest BCUT2D eigenvalue weighted by Gasteiger charge is -2.29. The van der Waals surface area contributed by atoms with Crippen molar-refractivity contribution in [3.8, 4) is 6.07 Å². The predicted molar refractivity (Wildman–Crippen MR) is 67.3 cm³/mol.